The molecule has 0 aliphatic carbocycles. The van der Waals surface area contributed by atoms with Gasteiger partial charge >= 0.3 is 0 Å². The van der Waals surface area contributed by atoms with E-state index in [-0.39, 0.29) is 0 Å². The minimum atomic E-state index is -2.31. The molecule has 0 saturated heterocycles. The Labute approximate surface area is 318 Å². The van der Waals surface area contributed by atoms with Crippen molar-refractivity contribution in [1.29, 1.82) is 0 Å². The summed E-state index contributed by atoms with van der Waals surface area (Å²) in [4.78, 5) is 14.4. The maximum Gasteiger partial charge on any atom is 0.275 e. The average Bonchev–Trinajstić information content (AvgIpc) is 3.00. The molecule has 50 heavy (non-hydrogen) atoms. The van der Waals surface area contributed by atoms with Crippen LogP contribution in [0.1, 0.15) is 79.1 Å². The van der Waals surface area contributed by atoms with Crippen LogP contribution in [0.5, 0.6) is 0 Å². The maximum atomic E-state index is 12.5. The van der Waals surface area contributed by atoms with Gasteiger partial charge in [-0.15, -0.1) is 0 Å². The van der Waals surface area contributed by atoms with E-state index in [0.29, 0.717) is 59.9 Å². The van der Waals surface area contributed by atoms with Crippen molar-refractivity contribution in [2.45, 2.75) is 177 Å². The first kappa shape index (κ1) is 52.5. The summed E-state index contributed by atoms with van der Waals surface area (Å²) < 4.78 is 62.7. The summed E-state index contributed by atoms with van der Waals surface area (Å²) in [5, 5.41) is 0. The molecule has 0 radical (unpaired) electrons. The summed E-state index contributed by atoms with van der Waals surface area (Å²) in [5.74, 6) is 0.363. The van der Waals surface area contributed by atoms with Gasteiger partial charge < -0.3 is 36.7 Å². The number of carbonyl (C=O) groups is 1. The van der Waals surface area contributed by atoms with Crippen molar-refractivity contribution in [1.82, 2.24) is 4.90 Å². The topological polar surface area (TPSA) is 133 Å². The van der Waals surface area contributed by atoms with Crippen molar-refractivity contribution < 1.29 is 30.9 Å². The summed E-state index contributed by atoms with van der Waals surface area (Å²) in [6.45, 7) is 22.7. The molecule has 0 amide bonds. The Morgan fingerprint density at radius 3 is 1.20 bits per heavy atom. The van der Waals surface area contributed by atoms with Gasteiger partial charge in [0.2, 0.25) is 0 Å². The molecule has 9 nitrogen and oxygen atoms in total. The van der Waals surface area contributed by atoms with Crippen LogP contribution in [0.15, 0.2) is 0 Å². The second kappa shape index (κ2) is 27.9. The van der Waals surface area contributed by atoms with Crippen LogP contribution in [0.2, 0.25) is 98.2 Å². The zero-order valence-electron chi connectivity index (χ0n) is 34.5. The lowest BCUT2D eigenvalue weighted by molar-refractivity contribution is -0.119. The van der Waals surface area contributed by atoms with Crippen molar-refractivity contribution in [2.75, 3.05) is 27.2 Å². The van der Waals surface area contributed by atoms with E-state index in [9.17, 15) is 22.6 Å². The van der Waals surface area contributed by atoms with Crippen molar-refractivity contribution in [3.05, 3.63) is 0 Å². The zero-order valence-corrected chi connectivity index (χ0v) is 42.5. The number of nitrogens with zero attached hydrogens (tertiary/aromatic N) is 1. The van der Waals surface area contributed by atoms with E-state index in [1.54, 1.807) is 0 Å². The first-order chi connectivity index (χ1) is 23.1. The SMILES string of the molecule is CC[Si](=O)C[Si](CCCCC(=O)CCCCCN(C)C)(C[Si](=O)CC)O[Si](C)(C)C.CC[Si](=O)C[Si](CCCN)(C[Si](=O)CC)O[Si](C)(C)C. The van der Waals surface area contributed by atoms with E-state index in [4.69, 9.17) is 14.0 Å². The second-order valence-corrected chi connectivity index (χ2v) is 44.9. The lowest BCUT2D eigenvalue weighted by atomic mass is 10.1. The summed E-state index contributed by atoms with van der Waals surface area (Å²) in [7, 11) is -10.4. The lowest BCUT2D eigenvalue weighted by Crippen LogP contribution is -2.50. The van der Waals surface area contributed by atoms with Gasteiger partial charge in [-0.2, -0.15) is 0 Å². The second-order valence-electron chi connectivity index (χ2n) is 16.3. The molecule has 0 aromatic rings. The van der Waals surface area contributed by atoms with E-state index in [1.165, 1.54) is 0 Å². The van der Waals surface area contributed by atoms with Crippen LogP contribution in [0.25, 0.3) is 0 Å². The third-order valence-electron chi connectivity index (χ3n) is 8.44. The van der Waals surface area contributed by atoms with E-state index >= 15 is 0 Å². The highest BCUT2D eigenvalue weighted by molar-refractivity contribution is 6.94. The van der Waals surface area contributed by atoms with Gasteiger partial charge in [0.05, 0.1) is 0 Å². The molecule has 0 aliphatic heterocycles. The number of hydrogen-bond donors (Lipinski definition) is 1. The summed E-state index contributed by atoms with van der Waals surface area (Å²) in [6.07, 6.45) is 7.28. The molecule has 0 fully saturated rings. The average molecular weight is 840 g/mol. The van der Waals surface area contributed by atoms with Crippen molar-refractivity contribution in [2.24, 2.45) is 5.73 Å². The molecule has 294 valence electrons. The third kappa shape index (κ3) is 28.9. The van der Waals surface area contributed by atoms with Gasteiger partial charge in [0, 0.05) is 35.5 Å². The van der Waals surface area contributed by atoms with Crippen molar-refractivity contribution in [3.63, 3.8) is 0 Å². The minimum absolute atomic E-state index is 0.363. The van der Waals surface area contributed by atoms with Gasteiger partial charge in [-0.05, 0) is 128 Å². The van der Waals surface area contributed by atoms with Crippen LogP contribution in [-0.2, 0) is 30.9 Å². The number of nitrogens with two attached hydrogens (primary N) is 1. The van der Waals surface area contributed by atoms with Gasteiger partial charge in [-0.3, -0.25) is 4.79 Å². The third-order valence-corrected chi connectivity index (χ3v) is 39.1. The molecule has 2 N–H and O–H groups in total. The fourth-order valence-electron chi connectivity index (χ4n) is 6.21. The van der Waals surface area contributed by atoms with Crippen LogP contribution >= 0.6 is 0 Å². The largest absolute Gasteiger partial charge is 0.455 e. The Morgan fingerprint density at radius 2 is 0.900 bits per heavy atom. The van der Waals surface area contributed by atoms with Crippen LogP contribution in [0, 0.1) is 0 Å². The van der Waals surface area contributed by atoms with Crippen LogP contribution in [-0.4, -0.2) is 106 Å². The first-order valence-corrected chi connectivity index (χ1v) is 38.6. The van der Waals surface area contributed by atoms with Crippen molar-refractivity contribution >= 4 is 73.8 Å². The van der Waals surface area contributed by atoms with E-state index < -0.39 is 68.0 Å². The number of hydrogen-bond acceptors (Lipinski definition) is 9. The van der Waals surface area contributed by atoms with Crippen LogP contribution in [0.4, 0.5) is 0 Å². The molecule has 0 atom stereocenters. The number of carbonyl (C=O) groups excluding carboxylic acids is 1. The molecule has 0 aromatic heterocycles. The summed E-state index contributed by atoms with van der Waals surface area (Å²) in [6, 6.07) is 4.68. The minimum Gasteiger partial charge on any atom is -0.455 e. The Balaban J connectivity index is 0. The molecule has 0 heterocycles. The highest BCUT2D eigenvalue weighted by Gasteiger charge is 2.43. The molecule has 0 saturated carbocycles. The molecule has 0 spiro atoms. The van der Waals surface area contributed by atoms with E-state index in [1.807, 2.05) is 27.7 Å². The lowest BCUT2D eigenvalue weighted by Gasteiger charge is -2.37. The maximum absolute atomic E-state index is 12.5. The zero-order chi connectivity index (χ0) is 39.0. The number of ketones is 1. The molecule has 0 bridgehead atoms. The molecular weight excluding hydrogens is 761 g/mol. The van der Waals surface area contributed by atoms with Crippen LogP contribution in [0.3, 0.4) is 0 Å². The Bertz CT molecular complexity index is 985. The van der Waals surface area contributed by atoms with Gasteiger partial charge in [0.25, 0.3) is 34.7 Å². The van der Waals surface area contributed by atoms with Gasteiger partial charge in [-0.25, -0.2) is 0 Å². The normalized spacial score (nSPS) is 12.4. The molecule has 0 aromatic carbocycles. The van der Waals surface area contributed by atoms with E-state index in [0.717, 1.165) is 69.2 Å². The van der Waals surface area contributed by atoms with Gasteiger partial charge in [0.15, 0.2) is 33.3 Å². The molecule has 0 unspecified atom stereocenters. The number of Topliss-reactive ketones (excluding diaryl/α,β-unsaturated/α-hetero) is 1. The highest BCUT2D eigenvalue weighted by atomic mass is 28.5. The quantitative estimate of drug-likeness (QED) is 0.0557. The summed E-state index contributed by atoms with van der Waals surface area (Å²) in [5.41, 5.74) is 8.42. The number of rotatable bonds is 30. The highest BCUT2D eigenvalue weighted by Crippen LogP contribution is 2.31. The molecular formula is C33H78N2O7Si8. The Morgan fingerprint density at radius 1 is 0.560 bits per heavy atom. The van der Waals surface area contributed by atoms with Crippen molar-refractivity contribution in [3.8, 4) is 0 Å². The van der Waals surface area contributed by atoms with E-state index in [2.05, 4.69) is 58.3 Å². The first-order valence-electron chi connectivity index (χ1n) is 19.4. The smallest absolute Gasteiger partial charge is 0.275 e. The molecule has 0 aliphatic rings. The molecule has 17 heteroatoms. The molecule has 0 rings (SSSR count). The monoisotopic (exact) mass is 838 g/mol. The predicted octanol–water partition coefficient (Wildman–Crippen LogP) is 8.70. The van der Waals surface area contributed by atoms with Gasteiger partial charge in [0.1, 0.15) is 5.78 Å². The standard InChI is InChI=1S/C21H47NO4Si4.C12H31NO3Si4/c1-8-27(24)19-30(20-28(25)9-2,26-29(5,6)7)18-14-12-16-21(23)15-11-10-13-17-22(3)4;1-6-17(14)11-20(10-8-9-13,12-18(15)7-2)16-19(3,4)5/h8-20H2,1-7H3;6-13H2,1-5H3. The predicted molar refractivity (Wildman–Crippen MR) is 226 cm³/mol. The van der Waals surface area contributed by atoms with Crippen LogP contribution < -0.4 is 5.73 Å². The van der Waals surface area contributed by atoms with Gasteiger partial charge in [-0.1, -0.05) is 40.5 Å². The number of unbranched alkanes of at least 4 members (excludes halogenated alkanes) is 3. The fraction of sp³-hybridized carbons (Fsp3) is 0.970. The summed E-state index contributed by atoms with van der Waals surface area (Å²) >= 11 is 0. The fourth-order valence-corrected chi connectivity index (χ4v) is 44.5. The Kier molecular flexibility index (Phi) is 29.4. The Hall–Kier alpha value is 0.445.